The standard InChI is InChI=1S/C31H34ClN3O4/c1-19-17-20(18-27(34-19)39-2)15-16-33-30(37)28-23-7-3-4-8-24(23)31(38)35(25-9-5-6-10-26(25)36)29(28)21-11-13-22(32)14-12-21/h3-4,7-8,11-14,17-18,25-26,28-29,36H,5-6,9-10,15-16H2,1-2H3,(H,33,37)/t25-,26-,28+,29-/m0/s1. The molecule has 39 heavy (non-hydrogen) atoms. The van der Waals surface area contributed by atoms with Gasteiger partial charge in [-0.25, -0.2) is 4.98 Å². The summed E-state index contributed by atoms with van der Waals surface area (Å²) in [6.45, 7) is 2.32. The molecule has 2 aliphatic rings. The highest BCUT2D eigenvalue weighted by molar-refractivity contribution is 6.30. The number of fused-ring (bicyclic) bond motifs is 1. The SMILES string of the molecule is COc1cc(CCNC(=O)[C@@H]2c3ccccc3C(=O)N([C@H]3CCCC[C@@H]3O)[C@H]2c2ccc(Cl)cc2)cc(C)n1. The normalized spacial score (nSPS) is 22.8. The molecule has 1 saturated carbocycles. The van der Waals surface area contributed by atoms with E-state index < -0.39 is 18.1 Å². The van der Waals surface area contributed by atoms with Gasteiger partial charge in [-0.1, -0.05) is 54.8 Å². The Morgan fingerprint density at radius 2 is 1.87 bits per heavy atom. The third-order valence-corrected chi connectivity index (χ3v) is 8.09. The van der Waals surface area contributed by atoms with Crippen molar-refractivity contribution >= 4 is 23.4 Å². The number of pyridine rings is 1. The zero-order valence-corrected chi connectivity index (χ0v) is 23.0. The van der Waals surface area contributed by atoms with E-state index in [0.717, 1.165) is 29.7 Å². The molecule has 1 aromatic heterocycles. The average molecular weight is 548 g/mol. The Balaban J connectivity index is 1.51. The lowest BCUT2D eigenvalue weighted by atomic mass is 9.76. The molecule has 7 nitrogen and oxygen atoms in total. The van der Waals surface area contributed by atoms with Gasteiger partial charge in [0.2, 0.25) is 11.8 Å². The van der Waals surface area contributed by atoms with Crippen molar-refractivity contribution in [2.24, 2.45) is 0 Å². The van der Waals surface area contributed by atoms with Crippen molar-refractivity contribution < 1.29 is 19.4 Å². The number of nitrogens with one attached hydrogen (secondary N) is 1. The average Bonchev–Trinajstić information content (AvgIpc) is 2.93. The summed E-state index contributed by atoms with van der Waals surface area (Å²) in [5, 5.41) is 14.7. The van der Waals surface area contributed by atoms with Gasteiger partial charge in [-0.15, -0.1) is 0 Å². The summed E-state index contributed by atoms with van der Waals surface area (Å²) < 4.78 is 5.29. The Labute approximate surface area is 234 Å². The maximum atomic E-state index is 14.0. The minimum atomic E-state index is -0.650. The molecular weight excluding hydrogens is 514 g/mol. The number of hydrogen-bond acceptors (Lipinski definition) is 5. The van der Waals surface area contributed by atoms with Crippen molar-refractivity contribution in [3.8, 4) is 5.88 Å². The van der Waals surface area contributed by atoms with Crippen LogP contribution in [0.4, 0.5) is 0 Å². The Hall–Kier alpha value is -3.42. The fourth-order valence-electron chi connectivity index (χ4n) is 6.03. The first-order valence-electron chi connectivity index (χ1n) is 13.5. The van der Waals surface area contributed by atoms with Gasteiger partial charge in [-0.2, -0.15) is 0 Å². The monoisotopic (exact) mass is 547 g/mol. The molecule has 1 aliphatic heterocycles. The van der Waals surface area contributed by atoms with Gasteiger partial charge in [0.05, 0.1) is 31.2 Å². The maximum absolute atomic E-state index is 14.0. The Kier molecular flexibility index (Phi) is 8.19. The van der Waals surface area contributed by atoms with Gasteiger partial charge in [-0.3, -0.25) is 9.59 Å². The predicted octanol–water partition coefficient (Wildman–Crippen LogP) is 5.00. The van der Waals surface area contributed by atoms with Crippen molar-refractivity contribution in [2.45, 2.75) is 63.1 Å². The molecule has 4 atom stereocenters. The first-order valence-corrected chi connectivity index (χ1v) is 13.9. The van der Waals surface area contributed by atoms with Crippen LogP contribution in [0.3, 0.4) is 0 Å². The molecule has 3 aromatic rings. The largest absolute Gasteiger partial charge is 0.481 e. The second-order valence-corrected chi connectivity index (χ2v) is 10.8. The summed E-state index contributed by atoms with van der Waals surface area (Å²) in [5.74, 6) is -0.425. The van der Waals surface area contributed by atoms with E-state index in [9.17, 15) is 14.7 Å². The molecule has 2 N–H and O–H groups in total. The summed E-state index contributed by atoms with van der Waals surface area (Å²) in [4.78, 5) is 34.2. The number of aliphatic hydroxyl groups is 1. The van der Waals surface area contributed by atoms with Gasteiger partial charge >= 0.3 is 0 Å². The number of halogens is 1. The predicted molar refractivity (Wildman–Crippen MR) is 150 cm³/mol. The molecule has 1 aliphatic carbocycles. The van der Waals surface area contributed by atoms with Gasteiger partial charge < -0.3 is 20.1 Å². The highest BCUT2D eigenvalue weighted by Crippen LogP contribution is 2.46. The second kappa shape index (κ2) is 11.8. The van der Waals surface area contributed by atoms with E-state index in [0.29, 0.717) is 47.8 Å². The molecule has 0 bridgehead atoms. The van der Waals surface area contributed by atoms with Crippen LogP contribution in [-0.2, 0) is 11.2 Å². The third kappa shape index (κ3) is 5.65. The van der Waals surface area contributed by atoms with E-state index in [1.807, 2.05) is 49.4 Å². The van der Waals surface area contributed by atoms with Crippen molar-refractivity contribution in [3.05, 3.63) is 93.6 Å². The van der Waals surface area contributed by atoms with Crippen molar-refractivity contribution in [1.82, 2.24) is 15.2 Å². The number of methoxy groups -OCH3 is 1. The molecule has 204 valence electrons. The fourth-order valence-corrected chi connectivity index (χ4v) is 6.15. The number of ether oxygens (including phenoxy) is 1. The van der Waals surface area contributed by atoms with E-state index in [1.54, 1.807) is 30.2 Å². The van der Waals surface area contributed by atoms with Crippen LogP contribution in [-0.4, -0.2) is 52.6 Å². The van der Waals surface area contributed by atoms with Crippen molar-refractivity contribution in [3.63, 3.8) is 0 Å². The number of carbonyl (C=O) groups excluding carboxylic acids is 2. The Morgan fingerprint density at radius 3 is 2.62 bits per heavy atom. The molecule has 0 radical (unpaired) electrons. The number of aromatic nitrogens is 1. The van der Waals surface area contributed by atoms with Crippen LogP contribution in [0.1, 0.15) is 70.4 Å². The van der Waals surface area contributed by atoms with Gasteiger partial charge in [-0.05, 0) is 67.1 Å². The molecule has 1 fully saturated rings. The molecular formula is C31H34ClN3O4. The highest BCUT2D eigenvalue weighted by atomic mass is 35.5. The van der Waals surface area contributed by atoms with Gasteiger partial charge in [0.15, 0.2) is 0 Å². The lowest BCUT2D eigenvalue weighted by Gasteiger charge is -2.48. The fraction of sp³-hybridized carbons (Fsp3) is 0.387. The van der Waals surface area contributed by atoms with Crippen LogP contribution in [0.2, 0.25) is 5.02 Å². The minimum absolute atomic E-state index is 0.153. The van der Waals surface area contributed by atoms with Crippen LogP contribution >= 0.6 is 11.6 Å². The lowest BCUT2D eigenvalue weighted by molar-refractivity contribution is -0.125. The minimum Gasteiger partial charge on any atom is -0.481 e. The van der Waals surface area contributed by atoms with E-state index in [2.05, 4.69) is 10.3 Å². The van der Waals surface area contributed by atoms with Gasteiger partial charge in [0, 0.05) is 28.9 Å². The number of aliphatic hydroxyl groups excluding tert-OH is 1. The smallest absolute Gasteiger partial charge is 0.255 e. The summed E-state index contributed by atoms with van der Waals surface area (Å²) in [6, 6.07) is 17.6. The molecule has 0 spiro atoms. The highest BCUT2D eigenvalue weighted by Gasteiger charge is 2.48. The molecule has 5 rings (SSSR count). The molecule has 2 aromatic carbocycles. The quantitative estimate of drug-likeness (QED) is 0.434. The van der Waals surface area contributed by atoms with Crippen molar-refractivity contribution in [2.75, 3.05) is 13.7 Å². The first-order chi connectivity index (χ1) is 18.9. The first kappa shape index (κ1) is 27.2. The third-order valence-electron chi connectivity index (χ3n) is 7.83. The van der Waals surface area contributed by atoms with Gasteiger partial charge in [0.1, 0.15) is 0 Å². The summed E-state index contributed by atoms with van der Waals surface area (Å²) >= 11 is 6.21. The van der Waals surface area contributed by atoms with E-state index in [1.165, 1.54) is 0 Å². The molecule has 0 unspecified atom stereocenters. The van der Waals surface area contributed by atoms with Crippen LogP contribution in [0.15, 0.2) is 60.7 Å². The van der Waals surface area contributed by atoms with E-state index in [-0.39, 0.29) is 17.9 Å². The number of aryl methyl sites for hydroxylation is 1. The van der Waals surface area contributed by atoms with Crippen LogP contribution in [0, 0.1) is 6.92 Å². The number of hydrogen-bond donors (Lipinski definition) is 2. The topological polar surface area (TPSA) is 91.8 Å². The van der Waals surface area contributed by atoms with E-state index >= 15 is 0 Å². The lowest BCUT2D eigenvalue weighted by Crippen LogP contribution is -2.55. The number of amides is 2. The number of rotatable bonds is 7. The summed E-state index contributed by atoms with van der Waals surface area (Å²) in [6.07, 6.45) is 3.13. The Morgan fingerprint density at radius 1 is 1.13 bits per heavy atom. The second-order valence-electron chi connectivity index (χ2n) is 10.4. The number of benzene rings is 2. The van der Waals surface area contributed by atoms with Gasteiger partial charge in [0.25, 0.3) is 5.91 Å². The molecule has 0 saturated heterocycles. The molecule has 2 heterocycles. The summed E-state index contributed by atoms with van der Waals surface area (Å²) in [5.41, 5.74) is 3.88. The van der Waals surface area contributed by atoms with Crippen LogP contribution in [0.25, 0.3) is 0 Å². The summed E-state index contributed by atoms with van der Waals surface area (Å²) in [7, 11) is 1.58. The zero-order chi connectivity index (χ0) is 27.5. The molecule has 8 heteroatoms. The molecule has 2 amide bonds. The Bertz CT molecular complexity index is 1350. The maximum Gasteiger partial charge on any atom is 0.255 e. The van der Waals surface area contributed by atoms with Crippen LogP contribution in [0.5, 0.6) is 5.88 Å². The van der Waals surface area contributed by atoms with E-state index in [4.69, 9.17) is 16.3 Å². The van der Waals surface area contributed by atoms with Crippen LogP contribution < -0.4 is 10.1 Å². The number of carbonyl (C=O) groups is 2. The zero-order valence-electron chi connectivity index (χ0n) is 22.3. The number of nitrogens with zero attached hydrogens (tertiary/aromatic N) is 2. The van der Waals surface area contributed by atoms with Crippen molar-refractivity contribution in [1.29, 1.82) is 0 Å².